The lowest BCUT2D eigenvalue weighted by atomic mass is 10.0. The first-order valence-corrected chi connectivity index (χ1v) is 10.1. The average molecular weight is 384 g/mol. The molecular formula is C21H25N3O2S. The normalized spacial score (nSPS) is 12.3. The van der Waals surface area contributed by atoms with Crippen molar-refractivity contribution in [3.8, 4) is 0 Å². The molecule has 0 aliphatic rings. The second-order valence-electron chi connectivity index (χ2n) is 6.90. The Balaban J connectivity index is 1.69. The third kappa shape index (κ3) is 4.98. The van der Waals surface area contributed by atoms with E-state index in [0.29, 0.717) is 13.0 Å². The number of amides is 2. The number of hydrogen-bond acceptors (Lipinski definition) is 3. The molecule has 27 heavy (non-hydrogen) atoms. The molecule has 2 heterocycles. The molecule has 1 aromatic carbocycles. The summed E-state index contributed by atoms with van der Waals surface area (Å²) in [5.74, 6) is -0.437. The standard InChI is InChI=1S/C21H25N3O2S/c1-14(2)20(25)24-19(21(26)22-10-9-16-6-5-11-27-16)12-15-13-23-18-8-4-3-7-17(15)18/h3-8,11,13-14,19,23H,9-10,12H2,1-2H3,(H,22,26)(H,24,25). The Labute approximate surface area is 163 Å². The quantitative estimate of drug-likeness (QED) is 0.558. The Kier molecular flexibility index (Phi) is 6.29. The minimum absolute atomic E-state index is 0.117. The van der Waals surface area contributed by atoms with Crippen molar-refractivity contribution in [2.75, 3.05) is 6.54 Å². The van der Waals surface area contributed by atoms with Crippen molar-refractivity contribution in [2.24, 2.45) is 5.92 Å². The van der Waals surface area contributed by atoms with E-state index in [9.17, 15) is 9.59 Å². The number of carbonyl (C=O) groups excluding carboxylic acids is 2. The minimum Gasteiger partial charge on any atom is -0.361 e. The monoisotopic (exact) mass is 383 g/mol. The maximum Gasteiger partial charge on any atom is 0.242 e. The first kappa shape index (κ1) is 19.2. The van der Waals surface area contributed by atoms with Gasteiger partial charge in [-0.15, -0.1) is 11.3 Å². The van der Waals surface area contributed by atoms with Crippen molar-refractivity contribution < 1.29 is 9.59 Å². The number of nitrogens with one attached hydrogen (secondary N) is 3. The van der Waals surface area contributed by atoms with Crippen LogP contribution in [0, 0.1) is 5.92 Å². The van der Waals surface area contributed by atoms with Gasteiger partial charge < -0.3 is 15.6 Å². The lowest BCUT2D eigenvalue weighted by Crippen LogP contribution is -2.49. The Morgan fingerprint density at radius 3 is 2.67 bits per heavy atom. The molecule has 0 spiro atoms. The summed E-state index contributed by atoms with van der Waals surface area (Å²) >= 11 is 1.68. The highest BCUT2D eigenvalue weighted by atomic mass is 32.1. The van der Waals surface area contributed by atoms with E-state index in [2.05, 4.69) is 21.7 Å². The number of benzene rings is 1. The van der Waals surface area contributed by atoms with E-state index < -0.39 is 6.04 Å². The number of carbonyl (C=O) groups is 2. The molecule has 5 nitrogen and oxygen atoms in total. The van der Waals surface area contributed by atoms with Crippen LogP contribution >= 0.6 is 11.3 Å². The molecule has 0 bridgehead atoms. The van der Waals surface area contributed by atoms with Gasteiger partial charge in [0.15, 0.2) is 0 Å². The summed E-state index contributed by atoms with van der Waals surface area (Å²) < 4.78 is 0. The van der Waals surface area contributed by atoms with Crippen LogP contribution in [0.1, 0.15) is 24.3 Å². The molecule has 6 heteroatoms. The molecule has 3 rings (SSSR count). The maximum absolute atomic E-state index is 12.8. The van der Waals surface area contributed by atoms with Crippen LogP contribution in [0.25, 0.3) is 10.9 Å². The zero-order chi connectivity index (χ0) is 19.2. The van der Waals surface area contributed by atoms with E-state index in [0.717, 1.165) is 22.9 Å². The zero-order valence-corrected chi connectivity index (χ0v) is 16.4. The fraction of sp³-hybridized carbons (Fsp3) is 0.333. The third-order valence-corrected chi connectivity index (χ3v) is 5.44. The number of aromatic nitrogens is 1. The molecule has 1 atom stereocenters. The lowest BCUT2D eigenvalue weighted by Gasteiger charge is -2.19. The second-order valence-corrected chi connectivity index (χ2v) is 7.93. The molecule has 0 fully saturated rings. The van der Waals surface area contributed by atoms with Gasteiger partial charge in [0, 0.05) is 40.9 Å². The molecule has 0 aliphatic heterocycles. The highest BCUT2D eigenvalue weighted by Crippen LogP contribution is 2.19. The third-order valence-electron chi connectivity index (χ3n) is 4.51. The van der Waals surface area contributed by atoms with Crippen LogP contribution in [0.15, 0.2) is 48.0 Å². The lowest BCUT2D eigenvalue weighted by molar-refractivity contribution is -0.130. The fourth-order valence-electron chi connectivity index (χ4n) is 2.96. The molecule has 3 aromatic rings. The zero-order valence-electron chi connectivity index (χ0n) is 15.6. The van der Waals surface area contributed by atoms with Gasteiger partial charge in [-0.1, -0.05) is 38.1 Å². The van der Waals surface area contributed by atoms with Crippen LogP contribution < -0.4 is 10.6 Å². The Morgan fingerprint density at radius 1 is 1.11 bits per heavy atom. The van der Waals surface area contributed by atoms with Gasteiger partial charge in [-0.25, -0.2) is 0 Å². The summed E-state index contributed by atoms with van der Waals surface area (Å²) in [6, 6.07) is 11.4. The number of hydrogen-bond donors (Lipinski definition) is 3. The van der Waals surface area contributed by atoms with Crippen LogP contribution in [-0.4, -0.2) is 29.4 Å². The number of fused-ring (bicyclic) bond motifs is 1. The van der Waals surface area contributed by atoms with Gasteiger partial charge in [0.2, 0.25) is 11.8 Å². The first-order chi connectivity index (χ1) is 13.0. The van der Waals surface area contributed by atoms with E-state index in [1.807, 2.05) is 55.8 Å². The summed E-state index contributed by atoms with van der Waals surface area (Å²) in [6.45, 7) is 4.21. The summed E-state index contributed by atoms with van der Waals surface area (Å²) in [4.78, 5) is 29.4. The maximum atomic E-state index is 12.8. The molecule has 3 N–H and O–H groups in total. The number of H-pyrrole nitrogens is 1. The fourth-order valence-corrected chi connectivity index (χ4v) is 3.66. The molecule has 0 radical (unpaired) electrons. The average Bonchev–Trinajstić information content (AvgIpc) is 3.31. The van der Waals surface area contributed by atoms with Gasteiger partial charge >= 0.3 is 0 Å². The van der Waals surface area contributed by atoms with Crippen molar-refractivity contribution in [3.05, 3.63) is 58.4 Å². The van der Waals surface area contributed by atoms with Crippen molar-refractivity contribution in [1.29, 1.82) is 0 Å². The first-order valence-electron chi connectivity index (χ1n) is 9.20. The Hall–Kier alpha value is -2.60. The minimum atomic E-state index is -0.595. The second kappa shape index (κ2) is 8.86. The van der Waals surface area contributed by atoms with E-state index in [1.165, 1.54) is 4.88 Å². The van der Waals surface area contributed by atoms with Crippen molar-refractivity contribution in [2.45, 2.75) is 32.7 Å². The van der Waals surface area contributed by atoms with E-state index in [4.69, 9.17) is 0 Å². The topological polar surface area (TPSA) is 74.0 Å². The summed E-state index contributed by atoms with van der Waals surface area (Å²) in [5.41, 5.74) is 2.05. The Bertz CT molecular complexity index is 899. The smallest absolute Gasteiger partial charge is 0.242 e. The van der Waals surface area contributed by atoms with Gasteiger partial charge in [-0.05, 0) is 29.5 Å². The van der Waals surface area contributed by atoms with Crippen LogP contribution in [-0.2, 0) is 22.4 Å². The van der Waals surface area contributed by atoms with E-state index >= 15 is 0 Å². The molecule has 0 saturated heterocycles. The van der Waals surface area contributed by atoms with E-state index in [-0.39, 0.29) is 17.7 Å². The van der Waals surface area contributed by atoms with Crippen LogP contribution in [0.3, 0.4) is 0 Å². The van der Waals surface area contributed by atoms with Crippen LogP contribution in [0.2, 0.25) is 0 Å². The molecule has 2 aromatic heterocycles. The molecule has 0 saturated carbocycles. The van der Waals surface area contributed by atoms with Gasteiger partial charge in [0.25, 0.3) is 0 Å². The van der Waals surface area contributed by atoms with Gasteiger partial charge in [-0.2, -0.15) is 0 Å². The number of para-hydroxylation sites is 1. The van der Waals surface area contributed by atoms with Crippen molar-refractivity contribution >= 4 is 34.1 Å². The highest BCUT2D eigenvalue weighted by molar-refractivity contribution is 7.09. The van der Waals surface area contributed by atoms with Crippen LogP contribution in [0.4, 0.5) is 0 Å². The predicted molar refractivity (Wildman–Crippen MR) is 110 cm³/mol. The number of aromatic amines is 1. The number of thiophene rings is 1. The van der Waals surface area contributed by atoms with Gasteiger partial charge in [-0.3, -0.25) is 9.59 Å². The molecule has 142 valence electrons. The SMILES string of the molecule is CC(C)C(=O)NC(Cc1c[nH]c2ccccc12)C(=O)NCCc1cccs1. The molecular weight excluding hydrogens is 358 g/mol. The largest absolute Gasteiger partial charge is 0.361 e. The highest BCUT2D eigenvalue weighted by Gasteiger charge is 2.23. The summed E-state index contributed by atoms with van der Waals surface area (Å²) in [7, 11) is 0. The Morgan fingerprint density at radius 2 is 1.93 bits per heavy atom. The van der Waals surface area contributed by atoms with Crippen molar-refractivity contribution in [3.63, 3.8) is 0 Å². The molecule has 2 amide bonds. The van der Waals surface area contributed by atoms with E-state index in [1.54, 1.807) is 11.3 Å². The number of rotatable bonds is 8. The molecule has 1 unspecified atom stereocenters. The van der Waals surface area contributed by atoms with Gasteiger partial charge in [0.1, 0.15) is 6.04 Å². The van der Waals surface area contributed by atoms with Crippen LogP contribution in [0.5, 0.6) is 0 Å². The molecule has 0 aliphatic carbocycles. The van der Waals surface area contributed by atoms with Crippen molar-refractivity contribution in [1.82, 2.24) is 15.6 Å². The summed E-state index contributed by atoms with van der Waals surface area (Å²) in [6.07, 6.45) is 3.16. The van der Waals surface area contributed by atoms with Gasteiger partial charge in [0.05, 0.1) is 0 Å². The predicted octanol–water partition coefficient (Wildman–Crippen LogP) is 3.27. The summed E-state index contributed by atoms with van der Waals surface area (Å²) in [5, 5.41) is 8.97.